The first-order valence-electron chi connectivity index (χ1n) is 9.05. The summed E-state index contributed by atoms with van der Waals surface area (Å²) in [5, 5.41) is 8.54. The van der Waals surface area contributed by atoms with Crippen molar-refractivity contribution >= 4 is 35.4 Å². The highest BCUT2D eigenvalue weighted by Gasteiger charge is 2.37. The van der Waals surface area contributed by atoms with Crippen LogP contribution in [0.5, 0.6) is 0 Å². The van der Waals surface area contributed by atoms with Crippen molar-refractivity contribution in [3.8, 4) is 0 Å². The fourth-order valence-electron chi connectivity index (χ4n) is 3.10. The zero-order valence-electron chi connectivity index (χ0n) is 15.9. The molecule has 10 nitrogen and oxygen atoms in total. The molecule has 1 aromatic heterocycles. The molecule has 28 heavy (non-hydrogen) atoms. The normalized spacial score (nSPS) is 17.4. The van der Waals surface area contributed by atoms with E-state index in [0.717, 1.165) is 0 Å². The maximum absolute atomic E-state index is 12.6. The summed E-state index contributed by atoms with van der Waals surface area (Å²) in [5.41, 5.74) is 0.648. The number of morpholine rings is 1. The number of benzene rings is 1. The van der Waals surface area contributed by atoms with Crippen LogP contribution >= 0.6 is 0 Å². The third-order valence-electron chi connectivity index (χ3n) is 4.56. The van der Waals surface area contributed by atoms with Gasteiger partial charge in [0.1, 0.15) is 6.54 Å². The van der Waals surface area contributed by atoms with Crippen LogP contribution in [0.15, 0.2) is 30.3 Å². The zero-order valence-corrected chi connectivity index (χ0v) is 15.9. The number of nitrogens with zero attached hydrogens (tertiary/aromatic N) is 7. The van der Waals surface area contributed by atoms with Crippen molar-refractivity contribution in [3.05, 3.63) is 30.3 Å². The van der Waals surface area contributed by atoms with Gasteiger partial charge in [-0.15, -0.1) is 0 Å². The topological polar surface area (TPSA) is 102 Å². The number of carbonyl (C=O) groups excluding carboxylic acids is 1. The number of amides is 1. The van der Waals surface area contributed by atoms with Gasteiger partial charge in [0.25, 0.3) is 5.91 Å². The van der Waals surface area contributed by atoms with E-state index in [9.17, 15) is 4.79 Å². The molecule has 2 fully saturated rings. The van der Waals surface area contributed by atoms with Gasteiger partial charge in [-0.2, -0.15) is 15.0 Å². The summed E-state index contributed by atoms with van der Waals surface area (Å²) < 4.78 is 5.40. The molecule has 2 aromatic rings. The second kappa shape index (κ2) is 7.39. The van der Waals surface area contributed by atoms with Gasteiger partial charge in [0.2, 0.25) is 23.8 Å². The molecule has 0 radical (unpaired) electrons. The number of anilines is 4. The molecule has 1 aromatic carbocycles. The Morgan fingerprint density at radius 3 is 2.39 bits per heavy atom. The molecule has 0 atom stereocenters. The molecule has 10 heteroatoms. The minimum Gasteiger partial charge on any atom is -0.378 e. The van der Waals surface area contributed by atoms with Gasteiger partial charge in [0, 0.05) is 27.2 Å². The molecule has 2 saturated heterocycles. The van der Waals surface area contributed by atoms with Gasteiger partial charge in [0.05, 0.1) is 18.9 Å². The first-order chi connectivity index (χ1) is 13.5. The highest BCUT2D eigenvalue weighted by atomic mass is 16.5. The summed E-state index contributed by atoms with van der Waals surface area (Å²) in [6.45, 7) is 2.59. The second-order valence-corrected chi connectivity index (χ2v) is 6.70. The number of hydrogen-bond acceptors (Lipinski definition) is 8. The number of ether oxygens (including phenoxy) is 1. The van der Waals surface area contributed by atoms with Crippen LogP contribution < -0.4 is 19.6 Å². The largest absolute Gasteiger partial charge is 0.378 e. The molecule has 0 spiro atoms. The lowest BCUT2D eigenvalue weighted by molar-refractivity contribution is -0.115. The Kier molecular flexibility index (Phi) is 4.78. The highest BCUT2D eigenvalue weighted by Crippen LogP contribution is 2.25. The Balaban J connectivity index is 1.69. The minimum absolute atomic E-state index is 0.00710. The number of nitrogens with one attached hydrogen (secondary N) is 1. The Morgan fingerprint density at radius 1 is 1.04 bits per heavy atom. The van der Waals surface area contributed by atoms with Gasteiger partial charge >= 0.3 is 0 Å². The molecule has 2 aliphatic heterocycles. The SMILES string of the molecule is CN(C)c1nc(N2CCOCC2)nc(N2CC(=O)N(c3ccccc3)C2=N)n1. The van der Waals surface area contributed by atoms with Crippen LogP contribution in [0.1, 0.15) is 0 Å². The van der Waals surface area contributed by atoms with E-state index < -0.39 is 0 Å². The number of rotatable bonds is 4. The third-order valence-corrected chi connectivity index (χ3v) is 4.56. The number of guanidine groups is 1. The van der Waals surface area contributed by atoms with E-state index in [1.807, 2.05) is 37.2 Å². The lowest BCUT2D eigenvalue weighted by atomic mass is 10.3. The lowest BCUT2D eigenvalue weighted by Gasteiger charge is -2.28. The number of carbonyl (C=O) groups is 1. The number of aromatic nitrogens is 3. The molecule has 0 saturated carbocycles. The second-order valence-electron chi connectivity index (χ2n) is 6.70. The molecular weight excluding hydrogens is 360 g/mol. The molecular formula is C18H22N8O2. The van der Waals surface area contributed by atoms with E-state index in [1.165, 1.54) is 9.80 Å². The molecule has 146 valence electrons. The monoisotopic (exact) mass is 382 g/mol. The molecule has 0 bridgehead atoms. The summed E-state index contributed by atoms with van der Waals surface area (Å²) in [6.07, 6.45) is 0. The number of para-hydroxylation sites is 1. The van der Waals surface area contributed by atoms with Crippen molar-refractivity contribution in [2.75, 3.05) is 66.5 Å². The van der Waals surface area contributed by atoms with Crippen molar-refractivity contribution < 1.29 is 9.53 Å². The van der Waals surface area contributed by atoms with Crippen LogP contribution in [-0.2, 0) is 9.53 Å². The highest BCUT2D eigenvalue weighted by molar-refractivity contribution is 6.27. The molecule has 0 unspecified atom stereocenters. The fraction of sp³-hybridized carbons (Fsp3) is 0.389. The van der Waals surface area contributed by atoms with Crippen molar-refractivity contribution in [3.63, 3.8) is 0 Å². The lowest BCUT2D eigenvalue weighted by Crippen LogP contribution is -2.39. The predicted molar refractivity (Wildman–Crippen MR) is 106 cm³/mol. The summed E-state index contributed by atoms with van der Waals surface area (Å²) >= 11 is 0. The van der Waals surface area contributed by atoms with Gasteiger partial charge in [-0.1, -0.05) is 18.2 Å². The molecule has 2 aliphatic rings. The molecule has 3 heterocycles. The summed E-state index contributed by atoms with van der Waals surface area (Å²) in [7, 11) is 3.69. The Hall–Kier alpha value is -3.27. The fourth-order valence-corrected chi connectivity index (χ4v) is 3.10. The van der Waals surface area contributed by atoms with Crippen LogP contribution in [0.3, 0.4) is 0 Å². The van der Waals surface area contributed by atoms with Crippen LogP contribution in [-0.4, -0.2) is 73.8 Å². The molecule has 0 aliphatic carbocycles. The van der Waals surface area contributed by atoms with Crippen molar-refractivity contribution in [1.29, 1.82) is 5.41 Å². The summed E-state index contributed by atoms with van der Waals surface area (Å²) in [4.78, 5) is 32.9. The van der Waals surface area contributed by atoms with Crippen LogP contribution in [0.2, 0.25) is 0 Å². The average molecular weight is 382 g/mol. The van der Waals surface area contributed by atoms with Gasteiger partial charge in [-0.3, -0.25) is 15.1 Å². The average Bonchev–Trinajstić information content (AvgIpc) is 3.03. The maximum atomic E-state index is 12.6. The molecule has 1 N–H and O–H groups in total. The van der Waals surface area contributed by atoms with Crippen molar-refractivity contribution in [2.45, 2.75) is 0 Å². The van der Waals surface area contributed by atoms with E-state index in [-0.39, 0.29) is 24.4 Å². The Morgan fingerprint density at radius 2 is 1.71 bits per heavy atom. The van der Waals surface area contributed by atoms with Crippen molar-refractivity contribution in [2.24, 2.45) is 0 Å². The zero-order chi connectivity index (χ0) is 19.7. The van der Waals surface area contributed by atoms with Crippen LogP contribution in [0, 0.1) is 5.41 Å². The number of hydrogen-bond donors (Lipinski definition) is 1. The van der Waals surface area contributed by atoms with Crippen molar-refractivity contribution in [1.82, 2.24) is 15.0 Å². The minimum atomic E-state index is -0.198. The van der Waals surface area contributed by atoms with Crippen LogP contribution in [0.25, 0.3) is 0 Å². The quantitative estimate of drug-likeness (QED) is 0.819. The molecule has 1 amide bonds. The summed E-state index contributed by atoms with van der Waals surface area (Å²) in [5.74, 6) is 1.12. The molecule has 4 rings (SSSR count). The first-order valence-corrected chi connectivity index (χ1v) is 9.05. The predicted octanol–water partition coefficient (Wildman–Crippen LogP) is 0.562. The van der Waals surface area contributed by atoms with E-state index in [2.05, 4.69) is 15.0 Å². The first kappa shape index (κ1) is 18.1. The van der Waals surface area contributed by atoms with E-state index >= 15 is 0 Å². The Labute approximate surface area is 162 Å². The van der Waals surface area contributed by atoms with Gasteiger partial charge < -0.3 is 14.5 Å². The Bertz CT molecular complexity index is 882. The van der Waals surface area contributed by atoms with E-state index in [4.69, 9.17) is 10.1 Å². The van der Waals surface area contributed by atoms with E-state index in [1.54, 1.807) is 17.0 Å². The standard InChI is InChI=1S/C18H22N8O2/c1-23(2)16-20-17(24-8-10-28-11-9-24)22-18(21-16)25-12-14(27)26(15(25)19)13-6-4-3-5-7-13/h3-7,19H,8-12H2,1-2H3. The van der Waals surface area contributed by atoms with Gasteiger partial charge in [-0.05, 0) is 12.1 Å². The third kappa shape index (κ3) is 3.33. The van der Waals surface area contributed by atoms with Gasteiger partial charge in [0.15, 0.2) is 0 Å². The van der Waals surface area contributed by atoms with Gasteiger partial charge in [-0.25, -0.2) is 4.90 Å². The smallest absolute Gasteiger partial charge is 0.254 e. The van der Waals surface area contributed by atoms with E-state index in [0.29, 0.717) is 43.9 Å². The summed E-state index contributed by atoms with van der Waals surface area (Å²) in [6, 6.07) is 9.14. The van der Waals surface area contributed by atoms with Crippen LogP contribution in [0.4, 0.5) is 23.5 Å². The maximum Gasteiger partial charge on any atom is 0.254 e.